The summed E-state index contributed by atoms with van der Waals surface area (Å²) in [4.78, 5) is 24.1. The van der Waals surface area contributed by atoms with Gasteiger partial charge in [-0.15, -0.1) is 0 Å². The van der Waals surface area contributed by atoms with E-state index in [1.54, 1.807) is 24.3 Å². The fraction of sp³-hybridized carbons (Fsp3) is 0.0870. The molecule has 3 aromatic carbocycles. The molecular weight excluding hydrogens is 474 g/mol. The summed E-state index contributed by atoms with van der Waals surface area (Å²) < 4.78 is 29.2. The SMILES string of the molecule is COc1cc(C=NNC(=O)COc2ccc(Cl)cc2Cl)ccc1OC(=O)c1cccc(F)c1. The fourth-order valence-corrected chi connectivity index (χ4v) is 3.03. The predicted octanol–water partition coefficient (Wildman–Crippen LogP) is 4.89. The Morgan fingerprint density at radius 1 is 1.03 bits per heavy atom. The molecule has 0 heterocycles. The Kier molecular flexibility index (Phi) is 8.23. The first kappa shape index (κ1) is 24.0. The van der Waals surface area contributed by atoms with E-state index in [0.717, 1.165) is 6.07 Å². The van der Waals surface area contributed by atoms with Crippen LogP contribution >= 0.6 is 23.2 Å². The molecule has 0 aliphatic heterocycles. The number of halogens is 3. The van der Waals surface area contributed by atoms with Crippen molar-refractivity contribution in [2.45, 2.75) is 0 Å². The van der Waals surface area contributed by atoms with E-state index in [-0.39, 0.29) is 28.7 Å². The van der Waals surface area contributed by atoms with Gasteiger partial charge >= 0.3 is 5.97 Å². The first-order chi connectivity index (χ1) is 15.9. The van der Waals surface area contributed by atoms with Crippen LogP contribution in [-0.2, 0) is 4.79 Å². The van der Waals surface area contributed by atoms with Crippen LogP contribution in [0.3, 0.4) is 0 Å². The number of nitrogens with one attached hydrogen (secondary N) is 1. The Labute approximate surface area is 198 Å². The van der Waals surface area contributed by atoms with Crippen LogP contribution in [0.25, 0.3) is 0 Å². The van der Waals surface area contributed by atoms with E-state index in [2.05, 4.69) is 10.5 Å². The molecule has 0 aliphatic carbocycles. The standard InChI is InChI=1S/C23H17Cl2FN2O5/c1-31-21-9-14(5-7-20(21)33-23(30)15-3-2-4-17(26)10-15)12-27-28-22(29)13-32-19-8-6-16(24)11-18(19)25/h2-12H,13H2,1H3,(H,28,29). The number of methoxy groups -OCH3 is 1. The van der Waals surface area contributed by atoms with Crippen molar-refractivity contribution in [3.8, 4) is 17.2 Å². The highest BCUT2D eigenvalue weighted by Gasteiger charge is 2.13. The molecule has 0 aromatic heterocycles. The Balaban J connectivity index is 1.57. The van der Waals surface area contributed by atoms with Gasteiger partial charge in [-0.05, 0) is 60.2 Å². The number of hydrogen-bond acceptors (Lipinski definition) is 6. The van der Waals surface area contributed by atoms with Gasteiger partial charge in [-0.3, -0.25) is 4.79 Å². The summed E-state index contributed by atoms with van der Waals surface area (Å²) in [6, 6.07) is 14.4. The number of ether oxygens (including phenoxy) is 3. The van der Waals surface area contributed by atoms with Crippen LogP contribution in [0.15, 0.2) is 65.8 Å². The molecule has 0 saturated heterocycles. The Hall–Kier alpha value is -3.62. The molecule has 170 valence electrons. The lowest BCUT2D eigenvalue weighted by Gasteiger charge is -2.10. The van der Waals surface area contributed by atoms with Crippen molar-refractivity contribution in [2.75, 3.05) is 13.7 Å². The minimum Gasteiger partial charge on any atom is -0.493 e. The lowest BCUT2D eigenvalue weighted by atomic mass is 10.2. The number of benzene rings is 3. The molecular formula is C23H17Cl2FN2O5. The third kappa shape index (κ3) is 6.93. The molecule has 0 bridgehead atoms. The quantitative estimate of drug-likeness (QED) is 0.210. The van der Waals surface area contributed by atoms with E-state index in [1.165, 1.54) is 43.7 Å². The van der Waals surface area contributed by atoms with E-state index in [0.29, 0.717) is 16.3 Å². The highest BCUT2D eigenvalue weighted by Crippen LogP contribution is 2.29. The molecule has 1 N–H and O–H groups in total. The molecule has 33 heavy (non-hydrogen) atoms. The van der Waals surface area contributed by atoms with Gasteiger partial charge in [0.2, 0.25) is 0 Å². The lowest BCUT2D eigenvalue weighted by Crippen LogP contribution is -2.24. The van der Waals surface area contributed by atoms with E-state index in [1.807, 2.05) is 0 Å². The summed E-state index contributed by atoms with van der Waals surface area (Å²) in [6.07, 6.45) is 1.37. The van der Waals surface area contributed by atoms with Gasteiger partial charge in [-0.1, -0.05) is 29.3 Å². The van der Waals surface area contributed by atoms with E-state index >= 15 is 0 Å². The molecule has 0 fully saturated rings. The van der Waals surface area contributed by atoms with E-state index in [4.69, 9.17) is 37.4 Å². The average Bonchev–Trinajstić information content (AvgIpc) is 2.79. The monoisotopic (exact) mass is 490 g/mol. The molecule has 10 heteroatoms. The second-order valence-corrected chi connectivity index (χ2v) is 7.31. The fourth-order valence-electron chi connectivity index (χ4n) is 2.57. The number of hydrogen-bond donors (Lipinski definition) is 1. The van der Waals surface area contributed by atoms with Crippen LogP contribution in [-0.4, -0.2) is 31.8 Å². The third-order valence-electron chi connectivity index (χ3n) is 4.11. The number of rotatable bonds is 8. The van der Waals surface area contributed by atoms with Gasteiger partial charge in [0.1, 0.15) is 11.6 Å². The number of carbonyl (C=O) groups is 2. The number of nitrogens with zero attached hydrogens (tertiary/aromatic N) is 1. The van der Waals surface area contributed by atoms with Crippen LogP contribution in [0.4, 0.5) is 4.39 Å². The van der Waals surface area contributed by atoms with Gasteiger partial charge in [0.25, 0.3) is 5.91 Å². The minimum atomic E-state index is -0.734. The molecule has 3 rings (SSSR count). The molecule has 0 spiro atoms. The Morgan fingerprint density at radius 2 is 1.82 bits per heavy atom. The molecule has 3 aromatic rings. The van der Waals surface area contributed by atoms with Gasteiger partial charge in [-0.2, -0.15) is 5.10 Å². The van der Waals surface area contributed by atoms with Crippen molar-refractivity contribution >= 4 is 41.3 Å². The lowest BCUT2D eigenvalue weighted by molar-refractivity contribution is -0.123. The van der Waals surface area contributed by atoms with Crippen LogP contribution in [0.2, 0.25) is 10.0 Å². The number of esters is 1. The average molecular weight is 491 g/mol. The summed E-state index contributed by atoms with van der Waals surface area (Å²) in [6.45, 7) is -0.309. The van der Waals surface area contributed by atoms with Crippen molar-refractivity contribution < 1.29 is 28.2 Å². The normalized spacial score (nSPS) is 10.7. The molecule has 0 saturated carbocycles. The largest absolute Gasteiger partial charge is 0.493 e. The van der Waals surface area contributed by atoms with Gasteiger partial charge in [0.05, 0.1) is 23.9 Å². The topological polar surface area (TPSA) is 86.2 Å². The summed E-state index contributed by atoms with van der Waals surface area (Å²) in [5.41, 5.74) is 2.94. The van der Waals surface area contributed by atoms with Gasteiger partial charge in [0.15, 0.2) is 18.1 Å². The first-order valence-electron chi connectivity index (χ1n) is 9.41. The van der Waals surface area contributed by atoms with Crippen molar-refractivity contribution in [3.63, 3.8) is 0 Å². The van der Waals surface area contributed by atoms with Crippen molar-refractivity contribution in [2.24, 2.45) is 5.10 Å². The number of amides is 1. The second kappa shape index (κ2) is 11.3. The van der Waals surface area contributed by atoms with Gasteiger partial charge < -0.3 is 14.2 Å². The highest BCUT2D eigenvalue weighted by atomic mass is 35.5. The molecule has 0 radical (unpaired) electrons. The maximum Gasteiger partial charge on any atom is 0.343 e. The zero-order valence-corrected chi connectivity index (χ0v) is 18.7. The molecule has 7 nitrogen and oxygen atoms in total. The summed E-state index contributed by atoms with van der Waals surface area (Å²) >= 11 is 11.8. The van der Waals surface area contributed by atoms with Crippen LogP contribution < -0.4 is 19.6 Å². The maximum atomic E-state index is 13.3. The summed E-state index contributed by atoms with van der Waals surface area (Å²) in [7, 11) is 1.40. The highest BCUT2D eigenvalue weighted by molar-refractivity contribution is 6.35. The minimum absolute atomic E-state index is 0.0625. The van der Waals surface area contributed by atoms with Crippen LogP contribution in [0.1, 0.15) is 15.9 Å². The Morgan fingerprint density at radius 3 is 2.55 bits per heavy atom. The third-order valence-corrected chi connectivity index (χ3v) is 4.64. The van der Waals surface area contributed by atoms with Crippen molar-refractivity contribution in [1.82, 2.24) is 5.43 Å². The maximum absolute atomic E-state index is 13.3. The molecule has 0 aliphatic rings. The smallest absolute Gasteiger partial charge is 0.343 e. The molecule has 0 unspecified atom stereocenters. The van der Waals surface area contributed by atoms with Crippen LogP contribution in [0.5, 0.6) is 17.2 Å². The zero-order valence-electron chi connectivity index (χ0n) is 17.2. The predicted molar refractivity (Wildman–Crippen MR) is 122 cm³/mol. The number of hydrazone groups is 1. The number of carbonyl (C=O) groups excluding carboxylic acids is 2. The van der Waals surface area contributed by atoms with Crippen molar-refractivity contribution in [3.05, 3.63) is 87.7 Å². The molecule has 1 amide bonds. The van der Waals surface area contributed by atoms with Crippen LogP contribution in [0, 0.1) is 5.82 Å². The second-order valence-electron chi connectivity index (χ2n) is 6.47. The Bertz CT molecular complexity index is 1200. The first-order valence-corrected chi connectivity index (χ1v) is 10.2. The summed E-state index contributed by atoms with van der Waals surface area (Å²) in [5.74, 6) is -1.09. The van der Waals surface area contributed by atoms with E-state index < -0.39 is 17.7 Å². The van der Waals surface area contributed by atoms with Gasteiger partial charge in [-0.25, -0.2) is 14.6 Å². The van der Waals surface area contributed by atoms with E-state index in [9.17, 15) is 14.0 Å². The van der Waals surface area contributed by atoms with Gasteiger partial charge in [0, 0.05) is 5.02 Å². The molecule has 0 atom stereocenters. The zero-order chi connectivity index (χ0) is 23.8. The van der Waals surface area contributed by atoms with Crippen molar-refractivity contribution in [1.29, 1.82) is 0 Å². The summed E-state index contributed by atoms with van der Waals surface area (Å²) in [5, 5.41) is 4.58.